The van der Waals surface area contributed by atoms with Gasteiger partial charge in [-0.3, -0.25) is 4.68 Å². The molecule has 0 atom stereocenters. The number of alkyl halides is 1. The maximum Gasteiger partial charge on any atom is 0.0623 e. The van der Waals surface area contributed by atoms with Crippen LogP contribution in [0, 0.1) is 8.99 Å². The van der Waals surface area contributed by atoms with Crippen molar-refractivity contribution in [2.24, 2.45) is 5.41 Å². The zero-order valence-electron chi connectivity index (χ0n) is 8.05. The van der Waals surface area contributed by atoms with E-state index in [2.05, 4.69) is 54.5 Å². The molecule has 0 unspecified atom stereocenters. The van der Waals surface area contributed by atoms with E-state index in [9.17, 15) is 0 Å². The minimum atomic E-state index is 0.467. The van der Waals surface area contributed by atoms with Crippen LogP contribution in [0.25, 0.3) is 0 Å². The molecule has 0 spiro atoms. The molecule has 78 valence electrons. The highest BCUT2D eigenvalue weighted by Gasteiger charge is 2.33. The second-order valence-electron chi connectivity index (χ2n) is 4.20. The van der Waals surface area contributed by atoms with Crippen molar-refractivity contribution < 1.29 is 0 Å². The van der Waals surface area contributed by atoms with Crippen LogP contribution in [0.15, 0.2) is 12.4 Å². The smallest absolute Gasteiger partial charge is 0.0623 e. The maximum absolute atomic E-state index is 4.36. The third-order valence-corrected chi connectivity index (χ3v) is 4.79. The number of hydrogen-bond donors (Lipinski definition) is 0. The normalized spacial score (nSPS) is 20.1. The highest BCUT2D eigenvalue weighted by molar-refractivity contribution is 14.1. The first-order valence-electron chi connectivity index (χ1n) is 4.98. The molecule has 1 heterocycles. The maximum atomic E-state index is 4.36. The SMILES string of the molecule is BrCC1(Cn2cc(I)cn2)CCCC1. The number of nitrogens with zero attached hydrogens (tertiary/aromatic N) is 2. The van der Waals surface area contributed by atoms with Crippen molar-refractivity contribution in [3.05, 3.63) is 16.0 Å². The van der Waals surface area contributed by atoms with Crippen molar-refractivity contribution >= 4 is 38.5 Å². The van der Waals surface area contributed by atoms with Gasteiger partial charge in [0.2, 0.25) is 0 Å². The summed E-state index contributed by atoms with van der Waals surface area (Å²) in [6.07, 6.45) is 9.50. The molecule has 0 amide bonds. The van der Waals surface area contributed by atoms with E-state index in [-0.39, 0.29) is 0 Å². The van der Waals surface area contributed by atoms with Gasteiger partial charge in [0.25, 0.3) is 0 Å². The van der Waals surface area contributed by atoms with Gasteiger partial charge in [0.15, 0.2) is 0 Å². The molecule has 1 aliphatic carbocycles. The van der Waals surface area contributed by atoms with Crippen LogP contribution < -0.4 is 0 Å². The molecule has 14 heavy (non-hydrogen) atoms. The summed E-state index contributed by atoms with van der Waals surface area (Å²) in [4.78, 5) is 0. The number of halogens is 2. The predicted octanol–water partition coefficient (Wildman–Crippen LogP) is 3.44. The van der Waals surface area contributed by atoms with Gasteiger partial charge in [0, 0.05) is 18.1 Å². The van der Waals surface area contributed by atoms with Crippen molar-refractivity contribution in [3.63, 3.8) is 0 Å². The first-order valence-corrected chi connectivity index (χ1v) is 7.18. The fraction of sp³-hybridized carbons (Fsp3) is 0.700. The van der Waals surface area contributed by atoms with Gasteiger partial charge >= 0.3 is 0 Å². The summed E-state index contributed by atoms with van der Waals surface area (Å²) in [6, 6.07) is 0. The average molecular weight is 369 g/mol. The van der Waals surface area contributed by atoms with Crippen LogP contribution in [0.2, 0.25) is 0 Å². The Kier molecular flexibility index (Phi) is 3.52. The van der Waals surface area contributed by atoms with Gasteiger partial charge in [-0.2, -0.15) is 5.10 Å². The van der Waals surface area contributed by atoms with E-state index < -0.39 is 0 Å². The van der Waals surface area contributed by atoms with Crippen LogP contribution in [0.1, 0.15) is 25.7 Å². The Morgan fingerprint density at radius 3 is 2.71 bits per heavy atom. The zero-order valence-corrected chi connectivity index (χ0v) is 11.8. The summed E-state index contributed by atoms with van der Waals surface area (Å²) in [7, 11) is 0. The minimum Gasteiger partial charge on any atom is -0.271 e. The molecule has 0 bridgehead atoms. The second-order valence-corrected chi connectivity index (χ2v) is 6.00. The molecule has 2 rings (SSSR count). The predicted molar refractivity (Wildman–Crippen MR) is 69.6 cm³/mol. The quantitative estimate of drug-likeness (QED) is 0.590. The van der Waals surface area contributed by atoms with Crippen molar-refractivity contribution in [2.45, 2.75) is 32.2 Å². The van der Waals surface area contributed by atoms with E-state index in [1.54, 1.807) is 0 Å². The highest BCUT2D eigenvalue weighted by Crippen LogP contribution is 2.40. The molecule has 0 aliphatic heterocycles. The molecule has 4 heteroatoms. The van der Waals surface area contributed by atoms with Crippen LogP contribution in [0.3, 0.4) is 0 Å². The van der Waals surface area contributed by atoms with Crippen LogP contribution in [-0.2, 0) is 6.54 Å². The third-order valence-electron chi connectivity index (χ3n) is 3.05. The van der Waals surface area contributed by atoms with Gasteiger partial charge in [-0.25, -0.2) is 0 Å². The van der Waals surface area contributed by atoms with Crippen LogP contribution >= 0.6 is 38.5 Å². The van der Waals surface area contributed by atoms with Gasteiger partial charge in [0.05, 0.1) is 9.77 Å². The lowest BCUT2D eigenvalue weighted by molar-refractivity contribution is 0.278. The minimum absolute atomic E-state index is 0.467. The molecule has 1 saturated carbocycles. The summed E-state index contributed by atoms with van der Waals surface area (Å²) in [5, 5.41) is 5.47. The lowest BCUT2D eigenvalue weighted by atomic mass is 9.89. The topological polar surface area (TPSA) is 17.8 Å². The Morgan fingerprint density at radius 1 is 1.50 bits per heavy atom. The largest absolute Gasteiger partial charge is 0.271 e. The molecule has 2 nitrogen and oxygen atoms in total. The highest BCUT2D eigenvalue weighted by atomic mass is 127. The molecule has 0 radical (unpaired) electrons. The summed E-state index contributed by atoms with van der Waals surface area (Å²) >= 11 is 5.96. The van der Waals surface area contributed by atoms with Crippen molar-refractivity contribution in [1.82, 2.24) is 9.78 Å². The van der Waals surface area contributed by atoms with Gasteiger partial charge < -0.3 is 0 Å². The van der Waals surface area contributed by atoms with E-state index >= 15 is 0 Å². The molecule has 1 aromatic rings. The fourth-order valence-corrected chi connectivity index (χ4v) is 3.41. The van der Waals surface area contributed by atoms with Crippen molar-refractivity contribution in [1.29, 1.82) is 0 Å². The second kappa shape index (κ2) is 4.51. The van der Waals surface area contributed by atoms with Gasteiger partial charge in [-0.05, 0) is 40.8 Å². The Bertz CT molecular complexity index is 305. The lowest BCUT2D eigenvalue weighted by Crippen LogP contribution is -2.25. The molecule has 1 aromatic heterocycles. The van der Waals surface area contributed by atoms with Crippen LogP contribution in [0.5, 0.6) is 0 Å². The monoisotopic (exact) mass is 368 g/mol. The number of rotatable bonds is 3. The van der Waals surface area contributed by atoms with Gasteiger partial charge in [0.1, 0.15) is 0 Å². The summed E-state index contributed by atoms with van der Waals surface area (Å²) in [5.74, 6) is 0. The number of hydrogen-bond acceptors (Lipinski definition) is 1. The molecular weight excluding hydrogens is 355 g/mol. The van der Waals surface area contributed by atoms with E-state index in [1.165, 1.54) is 29.3 Å². The van der Waals surface area contributed by atoms with Crippen LogP contribution in [-0.4, -0.2) is 15.1 Å². The van der Waals surface area contributed by atoms with Gasteiger partial charge in [-0.15, -0.1) is 0 Å². The Hall–Kier alpha value is 0.420. The summed E-state index contributed by atoms with van der Waals surface area (Å²) in [5.41, 5.74) is 0.467. The standard InChI is InChI=1S/C10H14BrIN2/c11-7-10(3-1-2-4-10)8-14-6-9(12)5-13-14/h5-6H,1-4,7-8H2. The Labute approximate surface area is 107 Å². The van der Waals surface area contributed by atoms with Crippen LogP contribution in [0.4, 0.5) is 0 Å². The summed E-state index contributed by atoms with van der Waals surface area (Å²) < 4.78 is 3.32. The van der Waals surface area contributed by atoms with Crippen molar-refractivity contribution in [3.8, 4) is 0 Å². The van der Waals surface area contributed by atoms with E-state index in [1.807, 2.05) is 6.20 Å². The molecular formula is C10H14BrIN2. The van der Waals surface area contributed by atoms with E-state index in [4.69, 9.17) is 0 Å². The zero-order chi connectivity index (χ0) is 10.0. The number of aromatic nitrogens is 2. The van der Waals surface area contributed by atoms with Crippen molar-refractivity contribution in [2.75, 3.05) is 5.33 Å². The average Bonchev–Trinajstić information content (AvgIpc) is 2.77. The third kappa shape index (κ3) is 2.32. The molecule has 1 fully saturated rings. The first kappa shape index (κ1) is 10.9. The molecule has 0 N–H and O–H groups in total. The van der Waals surface area contributed by atoms with E-state index in [0.29, 0.717) is 5.41 Å². The fourth-order valence-electron chi connectivity index (χ4n) is 2.23. The van der Waals surface area contributed by atoms with Gasteiger partial charge in [-0.1, -0.05) is 28.8 Å². The molecule has 0 saturated heterocycles. The lowest BCUT2D eigenvalue weighted by Gasteiger charge is -2.26. The molecule has 1 aliphatic rings. The van der Waals surface area contributed by atoms with E-state index in [0.717, 1.165) is 11.9 Å². The first-order chi connectivity index (χ1) is 6.74. The summed E-state index contributed by atoms with van der Waals surface area (Å²) in [6.45, 7) is 1.07. The Morgan fingerprint density at radius 2 is 2.21 bits per heavy atom. The molecule has 0 aromatic carbocycles. The Balaban J connectivity index is 2.08.